The summed E-state index contributed by atoms with van der Waals surface area (Å²) < 4.78 is 7.19. The number of anilines is 1. The fourth-order valence-corrected chi connectivity index (χ4v) is 5.44. The van der Waals surface area contributed by atoms with Gasteiger partial charge in [-0.05, 0) is 78.9 Å². The van der Waals surface area contributed by atoms with E-state index >= 15 is 0 Å². The van der Waals surface area contributed by atoms with Gasteiger partial charge in [0.2, 0.25) is 0 Å². The molecule has 0 bridgehead atoms. The Kier molecular flexibility index (Phi) is 7.71. The molecular formula is C33H25ClN4O2S. The van der Waals surface area contributed by atoms with Gasteiger partial charge in [-0.15, -0.1) is 11.8 Å². The van der Waals surface area contributed by atoms with Crippen LogP contribution in [0.3, 0.4) is 0 Å². The molecule has 202 valence electrons. The summed E-state index contributed by atoms with van der Waals surface area (Å²) in [6, 6.07) is 34.8. The number of rotatable bonds is 8. The molecule has 0 aliphatic carbocycles. The maximum absolute atomic E-state index is 13.9. The molecule has 1 aromatic heterocycles. The first-order valence-electron chi connectivity index (χ1n) is 13.0. The van der Waals surface area contributed by atoms with Crippen LogP contribution in [0, 0.1) is 0 Å². The summed E-state index contributed by atoms with van der Waals surface area (Å²) in [5, 5.41) is 11.9. The SMILES string of the molecule is COc1ccc(-c2nn(-c3ccccc3)cc2C=C2C(=O)N(c3ccccc3)N=C2CSc2ccc(Cl)cc2)cc1. The number of thioether (sulfide) groups is 1. The van der Waals surface area contributed by atoms with Crippen LogP contribution in [0.15, 0.2) is 131 Å². The van der Waals surface area contributed by atoms with Crippen LogP contribution in [0.2, 0.25) is 5.02 Å². The number of nitrogens with zero attached hydrogens (tertiary/aromatic N) is 4. The van der Waals surface area contributed by atoms with Crippen LogP contribution < -0.4 is 9.75 Å². The van der Waals surface area contributed by atoms with Crippen molar-refractivity contribution in [1.29, 1.82) is 0 Å². The average Bonchev–Trinajstić information content (AvgIpc) is 3.59. The Balaban J connectivity index is 1.43. The number of aromatic nitrogens is 2. The first-order chi connectivity index (χ1) is 20.1. The zero-order valence-corrected chi connectivity index (χ0v) is 23.7. The summed E-state index contributed by atoms with van der Waals surface area (Å²) in [5.74, 6) is 1.08. The van der Waals surface area contributed by atoms with Crippen LogP contribution in [0.25, 0.3) is 23.0 Å². The van der Waals surface area contributed by atoms with E-state index in [0.29, 0.717) is 27.7 Å². The van der Waals surface area contributed by atoms with Gasteiger partial charge in [0, 0.05) is 33.0 Å². The van der Waals surface area contributed by atoms with Crippen LogP contribution in [0.1, 0.15) is 5.56 Å². The Hall–Kier alpha value is -4.59. The Labute approximate surface area is 247 Å². The second kappa shape index (κ2) is 11.9. The molecule has 0 saturated carbocycles. The zero-order valence-electron chi connectivity index (χ0n) is 22.1. The number of methoxy groups -OCH3 is 1. The molecule has 0 fully saturated rings. The first-order valence-corrected chi connectivity index (χ1v) is 14.3. The van der Waals surface area contributed by atoms with Crippen molar-refractivity contribution in [3.05, 3.63) is 132 Å². The highest BCUT2D eigenvalue weighted by Gasteiger charge is 2.31. The third-order valence-corrected chi connectivity index (χ3v) is 7.85. The molecule has 0 N–H and O–H groups in total. The molecule has 1 amide bonds. The molecule has 0 saturated heterocycles. The maximum Gasteiger partial charge on any atom is 0.280 e. The minimum Gasteiger partial charge on any atom is -0.497 e. The van der Waals surface area contributed by atoms with Gasteiger partial charge in [0.05, 0.1) is 35.5 Å². The zero-order chi connectivity index (χ0) is 28.2. The fraction of sp³-hybridized carbons (Fsp3) is 0.0606. The van der Waals surface area contributed by atoms with Gasteiger partial charge in [-0.2, -0.15) is 15.2 Å². The number of para-hydroxylation sites is 2. The highest BCUT2D eigenvalue weighted by molar-refractivity contribution is 8.00. The number of benzene rings is 4. The number of ether oxygens (including phenoxy) is 1. The largest absolute Gasteiger partial charge is 0.497 e. The van der Waals surface area contributed by atoms with Gasteiger partial charge in [-0.1, -0.05) is 48.0 Å². The van der Waals surface area contributed by atoms with Crippen LogP contribution in [-0.4, -0.2) is 34.3 Å². The highest BCUT2D eigenvalue weighted by atomic mass is 35.5. The quantitative estimate of drug-likeness (QED) is 0.140. The van der Waals surface area contributed by atoms with Crippen LogP contribution in [0.5, 0.6) is 5.75 Å². The van der Waals surface area contributed by atoms with Crippen molar-refractivity contribution in [2.75, 3.05) is 17.9 Å². The van der Waals surface area contributed by atoms with Crippen molar-refractivity contribution in [1.82, 2.24) is 9.78 Å². The summed E-state index contributed by atoms with van der Waals surface area (Å²) in [7, 11) is 1.64. The van der Waals surface area contributed by atoms with Crippen molar-refractivity contribution >= 4 is 46.7 Å². The normalized spacial score (nSPS) is 14.0. The molecule has 8 heteroatoms. The second-order valence-electron chi connectivity index (χ2n) is 9.24. The van der Waals surface area contributed by atoms with E-state index in [0.717, 1.165) is 33.2 Å². The van der Waals surface area contributed by atoms with E-state index in [4.69, 9.17) is 26.5 Å². The van der Waals surface area contributed by atoms with Crippen molar-refractivity contribution in [2.45, 2.75) is 4.90 Å². The lowest BCUT2D eigenvalue weighted by atomic mass is 10.0. The molecule has 0 unspecified atom stereocenters. The number of carbonyl (C=O) groups excluding carboxylic acids is 1. The van der Waals surface area contributed by atoms with Gasteiger partial charge in [0.25, 0.3) is 5.91 Å². The van der Waals surface area contributed by atoms with E-state index in [9.17, 15) is 4.79 Å². The molecule has 41 heavy (non-hydrogen) atoms. The van der Waals surface area contributed by atoms with E-state index in [-0.39, 0.29) is 5.91 Å². The first kappa shape index (κ1) is 26.6. The summed E-state index contributed by atoms with van der Waals surface area (Å²) in [6.07, 6.45) is 3.85. The van der Waals surface area contributed by atoms with Gasteiger partial charge in [0.1, 0.15) is 5.75 Å². The molecule has 6 nitrogen and oxygen atoms in total. The summed E-state index contributed by atoms with van der Waals surface area (Å²) >= 11 is 7.68. The Morgan fingerprint density at radius 3 is 2.17 bits per heavy atom. The summed E-state index contributed by atoms with van der Waals surface area (Å²) in [5.41, 5.74) is 5.31. The molecule has 5 aromatic rings. The standard InChI is InChI=1S/C33H25ClN4O2S/c1-40-28-16-12-23(13-17-28)32-24(21-37(36-32)26-8-4-2-5-9-26)20-30-31(22-41-29-18-14-25(34)15-19-29)35-38(33(30)39)27-10-6-3-7-11-27/h2-21H,22H2,1H3. The third-order valence-electron chi connectivity index (χ3n) is 6.57. The predicted octanol–water partition coefficient (Wildman–Crippen LogP) is 7.78. The van der Waals surface area contributed by atoms with Gasteiger partial charge in [-0.25, -0.2) is 4.68 Å². The van der Waals surface area contributed by atoms with Crippen LogP contribution in [0.4, 0.5) is 5.69 Å². The molecule has 0 spiro atoms. The molecule has 1 aliphatic rings. The molecular weight excluding hydrogens is 552 g/mol. The van der Waals surface area contributed by atoms with Crippen molar-refractivity contribution in [3.8, 4) is 22.7 Å². The fourth-order valence-electron chi connectivity index (χ4n) is 4.47. The van der Waals surface area contributed by atoms with Crippen molar-refractivity contribution in [3.63, 3.8) is 0 Å². The minimum atomic E-state index is -0.184. The van der Waals surface area contributed by atoms with E-state index in [1.807, 2.05) is 126 Å². The number of amides is 1. The topological polar surface area (TPSA) is 59.7 Å². The van der Waals surface area contributed by atoms with Gasteiger partial charge in [0.15, 0.2) is 0 Å². The molecule has 4 aromatic carbocycles. The van der Waals surface area contributed by atoms with E-state index < -0.39 is 0 Å². The van der Waals surface area contributed by atoms with E-state index in [1.165, 1.54) is 5.01 Å². The van der Waals surface area contributed by atoms with Crippen LogP contribution in [-0.2, 0) is 4.79 Å². The average molecular weight is 577 g/mol. The number of hydrazone groups is 1. The maximum atomic E-state index is 13.9. The lowest BCUT2D eigenvalue weighted by Gasteiger charge is -2.11. The summed E-state index contributed by atoms with van der Waals surface area (Å²) in [4.78, 5) is 14.9. The number of hydrogen-bond acceptors (Lipinski definition) is 5. The number of carbonyl (C=O) groups is 1. The molecule has 2 heterocycles. The lowest BCUT2D eigenvalue weighted by Crippen LogP contribution is -2.21. The van der Waals surface area contributed by atoms with Gasteiger partial charge in [-0.3, -0.25) is 4.79 Å². The monoisotopic (exact) mass is 576 g/mol. The Morgan fingerprint density at radius 2 is 1.51 bits per heavy atom. The third kappa shape index (κ3) is 5.82. The molecule has 1 aliphatic heterocycles. The van der Waals surface area contributed by atoms with E-state index in [2.05, 4.69) is 0 Å². The molecule has 0 atom stereocenters. The van der Waals surface area contributed by atoms with Crippen LogP contribution >= 0.6 is 23.4 Å². The lowest BCUT2D eigenvalue weighted by molar-refractivity contribution is -0.114. The van der Waals surface area contributed by atoms with Gasteiger partial charge < -0.3 is 4.74 Å². The smallest absolute Gasteiger partial charge is 0.280 e. The van der Waals surface area contributed by atoms with Crippen molar-refractivity contribution in [2.24, 2.45) is 5.10 Å². The predicted molar refractivity (Wildman–Crippen MR) is 167 cm³/mol. The second-order valence-corrected chi connectivity index (χ2v) is 10.7. The van der Waals surface area contributed by atoms with Gasteiger partial charge >= 0.3 is 0 Å². The molecule has 0 radical (unpaired) electrons. The number of halogens is 1. The minimum absolute atomic E-state index is 0.184. The van der Waals surface area contributed by atoms with E-state index in [1.54, 1.807) is 18.9 Å². The highest BCUT2D eigenvalue weighted by Crippen LogP contribution is 2.32. The Bertz CT molecular complexity index is 1730. The summed E-state index contributed by atoms with van der Waals surface area (Å²) in [6.45, 7) is 0. The molecule has 6 rings (SSSR count). The Morgan fingerprint density at radius 1 is 0.854 bits per heavy atom. The number of hydrogen-bond donors (Lipinski definition) is 0. The van der Waals surface area contributed by atoms with Crippen molar-refractivity contribution < 1.29 is 9.53 Å².